The SMILES string of the molecule is CC(C)C(CO)Nc1nc(NCc2c(N)cccc2Cl)c2nn[nH]c2n1. The van der Waals surface area contributed by atoms with E-state index in [9.17, 15) is 5.11 Å². The minimum absolute atomic E-state index is 0.0286. The molecule has 26 heavy (non-hydrogen) atoms. The lowest BCUT2D eigenvalue weighted by Crippen LogP contribution is -2.30. The number of anilines is 3. The summed E-state index contributed by atoms with van der Waals surface area (Å²) in [6, 6.07) is 5.19. The minimum Gasteiger partial charge on any atom is -0.398 e. The molecule has 3 rings (SSSR count). The summed E-state index contributed by atoms with van der Waals surface area (Å²) >= 11 is 6.22. The van der Waals surface area contributed by atoms with Crippen LogP contribution in [0.15, 0.2) is 18.2 Å². The predicted molar refractivity (Wildman–Crippen MR) is 102 cm³/mol. The molecule has 0 aliphatic heterocycles. The monoisotopic (exact) mass is 376 g/mol. The molecule has 138 valence electrons. The zero-order valence-corrected chi connectivity index (χ0v) is 15.2. The molecule has 0 bridgehead atoms. The third-order valence-electron chi connectivity index (χ3n) is 4.09. The Morgan fingerprint density at radius 1 is 1.31 bits per heavy atom. The van der Waals surface area contributed by atoms with Gasteiger partial charge in [0.2, 0.25) is 5.95 Å². The summed E-state index contributed by atoms with van der Waals surface area (Å²) in [4.78, 5) is 8.82. The number of aliphatic hydroxyl groups excluding tert-OH is 1. The summed E-state index contributed by atoms with van der Waals surface area (Å²) in [5, 5.41) is 26.9. The molecule has 2 heterocycles. The van der Waals surface area contributed by atoms with Crippen LogP contribution in [0.25, 0.3) is 11.2 Å². The Kier molecular flexibility index (Phi) is 5.38. The van der Waals surface area contributed by atoms with Crippen molar-refractivity contribution in [3.8, 4) is 0 Å². The van der Waals surface area contributed by atoms with Crippen LogP contribution in [0.2, 0.25) is 5.02 Å². The molecule has 6 N–H and O–H groups in total. The maximum Gasteiger partial charge on any atom is 0.227 e. The molecule has 0 aliphatic rings. The van der Waals surface area contributed by atoms with Crippen molar-refractivity contribution in [1.29, 1.82) is 0 Å². The maximum absolute atomic E-state index is 9.52. The second-order valence-electron chi connectivity index (χ2n) is 6.24. The summed E-state index contributed by atoms with van der Waals surface area (Å²) in [7, 11) is 0. The van der Waals surface area contributed by atoms with E-state index in [-0.39, 0.29) is 18.6 Å². The van der Waals surface area contributed by atoms with Crippen molar-refractivity contribution in [3.05, 3.63) is 28.8 Å². The number of aromatic nitrogens is 5. The molecule has 0 fully saturated rings. The topological polar surface area (TPSA) is 138 Å². The number of halogens is 1. The molecule has 0 aliphatic carbocycles. The number of aliphatic hydroxyl groups is 1. The smallest absolute Gasteiger partial charge is 0.227 e. The van der Waals surface area contributed by atoms with E-state index in [0.29, 0.717) is 40.2 Å². The van der Waals surface area contributed by atoms with Crippen molar-refractivity contribution in [1.82, 2.24) is 25.4 Å². The quantitative estimate of drug-likeness (QED) is 0.395. The fraction of sp³-hybridized carbons (Fsp3) is 0.375. The normalized spacial score (nSPS) is 12.5. The number of fused-ring (bicyclic) bond motifs is 1. The lowest BCUT2D eigenvalue weighted by Gasteiger charge is -2.20. The fourth-order valence-electron chi connectivity index (χ4n) is 2.46. The number of hydrogen-bond donors (Lipinski definition) is 5. The lowest BCUT2D eigenvalue weighted by molar-refractivity contribution is 0.248. The van der Waals surface area contributed by atoms with Crippen LogP contribution >= 0.6 is 11.6 Å². The first kappa shape index (κ1) is 18.2. The van der Waals surface area contributed by atoms with Crippen LogP contribution < -0.4 is 16.4 Å². The number of benzene rings is 1. The Morgan fingerprint density at radius 3 is 2.81 bits per heavy atom. The van der Waals surface area contributed by atoms with E-state index < -0.39 is 0 Å². The van der Waals surface area contributed by atoms with E-state index in [0.717, 1.165) is 5.56 Å². The number of nitrogens with one attached hydrogen (secondary N) is 3. The highest BCUT2D eigenvalue weighted by molar-refractivity contribution is 6.31. The highest BCUT2D eigenvalue weighted by atomic mass is 35.5. The first-order valence-electron chi connectivity index (χ1n) is 8.22. The van der Waals surface area contributed by atoms with Gasteiger partial charge in [-0.3, -0.25) is 0 Å². The van der Waals surface area contributed by atoms with Gasteiger partial charge in [-0.05, 0) is 18.1 Å². The minimum atomic E-state index is -0.171. The second-order valence-corrected chi connectivity index (χ2v) is 6.65. The van der Waals surface area contributed by atoms with Crippen LogP contribution in [0.4, 0.5) is 17.5 Å². The zero-order chi connectivity index (χ0) is 18.7. The zero-order valence-electron chi connectivity index (χ0n) is 14.5. The molecule has 0 amide bonds. The van der Waals surface area contributed by atoms with E-state index in [1.165, 1.54) is 0 Å². The molecule has 1 atom stereocenters. The van der Waals surface area contributed by atoms with Crippen molar-refractivity contribution in [2.45, 2.75) is 26.4 Å². The molecule has 10 heteroatoms. The molecule has 3 aromatic rings. The van der Waals surface area contributed by atoms with Crippen molar-refractivity contribution in [2.75, 3.05) is 23.0 Å². The van der Waals surface area contributed by atoms with Gasteiger partial charge in [0, 0.05) is 22.8 Å². The van der Waals surface area contributed by atoms with Crippen molar-refractivity contribution >= 4 is 40.2 Å². The summed E-state index contributed by atoms with van der Waals surface area (Å²) in [5.74, 6) is 1.07. The first-order chi connectivity index (χ1) is 12.5. The van der Waals surface area contributed by atoms with E-state index in [4.69, 9.17) is 17.3 Å². The average Bonchev–Trinajstić information content (AvgIpc) is 3.07. The Morgan fingerprint density at radius 2 is 2.12 bits per heavy atom. The molecule has 1 unspecified atom stereocenters. The Balaban J connectivity index is 1.88. The second kappa shape index (κ2) is 7.71. The molecule has 0 saturated heterocycles. The molecular weight excluding hydrogens is 356 g/mol. The van der Waals surface area contributed by atoms with Gasteiger partial charge in [0.15, 0.2) is 17.0 Å². The van der Waals surface area contributed by atoms with Gasteiger partial charge in [0.1, 0.15) is 0 Å². The number of hydrogen-bond acceptors (Lipinski definition) is 8. The van der Waals surface area contributed by atoms with E-state index >= 15 is 0 Å². The Labute approximate surface area is 155 Å². The summed E-state index contributed by atoms with van der Waals surface area (Å²) < 4.78 is 0. The van der Waals surface area contributed by atoms with Gasteiger partial charge in [-0.2, -0.15) is 9.97 Å². The average molecular weight is 377 g/mol. The van der Waals surface area contributed by atoms with Gasteiger partial charge >= 0.3 is 0 Å². The molecule has 0 spiro atoms. The summed E-state index contributed by atoms with van der Waals surface area (Å²) in [5.41, 5.74) is 8.35. The Hall–Kier alpha value is -2.65. The Bertz CT molecular complexity index is 877. The van der Waals surface area contributed by atoms with Crippen LogP contribution in [-0.4, -0.2) is 43.1 Å². The van der Waals surface area contributed by atoms with Crippen LogP contribution in [0, 0.1) is 5.92 Å². The number of aromatic amines is 1. The molecule has 0 saturated carbocycles. The number of H-pyrrole nitrogens is 1. The maximum atomic E-state index is 9.52. The van der Waals surface area contributed by atoms with Gasteiger partial charge < -0.3 is 21.5 Å². The molecule has 9 nitrogen and oxygen atoms in total. The first-order valence-corrected chi connectivity index (χ1v) is 8.60. The summed E-state index contributed by atoms with van der Waals surface area (Å²) in [6.07, 6.45) is 0. The standard InChI is InChI=1S/C16H21ClN8O/c1-8(2)12(7-26)20-16-21-14(13-15(22-16)24-25-23-13)19-6-9-10(17)4-3-5-11(9)18/h3-5,8,12,26H,6-7,18H2,1-2H3,(H3,19,20,21,22,23,24,25). The van der Waals surface area contributed by atoms with Gasteiger partial charge in [0.25, 0.3) is 0 Å². The molecule has 0 radical (unpaired) electrons. The third-order valence-corrected chi connectivity index (χ3v) is 4.45. The third kappa shape index (κ3) is 3.78. The van der Waals surface area contributed by atoms with Gasteiger partial charge in [-0.15, -0.1) is 5.10 Å². The molecule has 1 aromatic carbocycles. The summed E-state index contributed by atoms with van der Waals surface area (Å²) in [6.45, 7) is 4.35. The van der Waals surface area contributed by atoms with Crippen LogP contribution in [0.3, 0.4) is 0 Å². The molecule has 2 aromatic heterocycles. The number of nitrogens with two attached hydrogens (primary N) is 1. The van der Waals surface area contributed by atoms with Crippen molar-refractivity contribution in [2.24, 2.45) is 5.92 Å². The highest BCUT2D eigenvalue weighted by Crippen LogP contribution is 2.25. The van der Waals surface area contributed by atoms with E-state index in [1.807, 2.05) is 13.8 Å². The number of nitrogens with zero attached hydrogens (tertiary/aromatic N) is 4. The molecular formula is C16H21ClN8O. The van der Waals surface area contributed by atoms with Gasteiger partial charge in [-0.1, -0.05) is 36.7 Å². The van der Waals surface area contributed by atoms with Crippen molar-refractivity contribution in [3.63, 3.8) is 0 Å². The van der Waals surface area contributed by atoms with Crippen LogP contribution in [-0.2, 0) is 6.54 Å². The van der Waals surface area contributed by atoms with Gasteiger partial charge in [-0.25, -0.2) is 5.10 Å². The lowest BCUT2D eigenvalue weighted by atomic mass is 10.1. The largest absolute Gasteiger partial charge is 0.398 e. The van der Waals surface area contributed by atoms with E-state index in [2.05, 4.69) is 36.0 Å². The highest BCUT2D eigenvalue weighted by Gasteiger charge is 2.17. The predicted octanol–water partition coefficient (Wildman–Crippen LogP) is 2.02. The van der Waals surface area contributed by atoms with E-state index in [1.54, 1.807) is 18.2 Å². The van der Waals surface area contributed by atoms with Gasteiger partial charge in [0.05, 0.1) is 12.6 Å². The number of nitrogen functional groups attached to an aromatic ring is 1. The van der Waals surface area contributed by atoms with Crippen molar-refractivity contribution < 1.29 is 5.11 Å². The van der Waals surface area contributed by atoms with Crippen LogP contribution in [0.5, 0.6) is 0 Å². The fourth-order valence-corrected chi connectivity index (χ4v) is 2.71. The number of rotatable bonds is 7. The van der Waals surface area contributed by atoms with Crippen LogP contribution in [0.1, 0.15) is 19.4 Å².